The lowest BCUT2D eigenvalue weighted by molar-refractivity contribution is -0.143. The average molecular weight is 524 g/mol. The third kappa shape index (κ3) is 5.57. The van der Waals surface area contributed by atoms with E-state index in [9.17, 15) is 14.4 Å². The van der Waals surface area contributed by atoms with Crippen molar-refractivity contribution in [3.8, 4) is 11.5 Å². The summed E-state index contributed by atoms with van der Waals surface area (Å²) in [5, 5.41) is 3.98. The third-order valence-electron chi connectivity index (χ3n) is 6.51. The molecule has 2 aromatic rings. The zero-order valence-electron chi connectivity index (χ0n) is 21.5. The first kappa shape index (κ1) is 26.5. The number of dihydropyridines is 1. The van der Waals surface area contributed by atoms with Crippen molar-refractivity contribution >= 4 is 29.3 Å². The molecule has 0 radical (unpaired) electrons. The fourth-order valence-electron chi connectivity index (χ4n) is 4.99. The van der Waals surface area contributed by atoms with E-state index in [0.717, 1.165) is 11.3 Å². The molecular weight excluding hydrogens is 494 g/mol. The summed E-state index contributed by atoms with van der Waals surface area (Å²) in [5.74, 6) is -1.13. The van der Waals surface area contributed by atoms with Gasteiger partial charge in [0.2, 0.25) is 0 Å². The number of carbonyl (C=O) groups excluding carboxylic acids is 3. The van der Waals surface area contributed by atoms with Crippen LogP contribution in [0, 0.1) is 0 Å². The molecule has 8 heteroatoms. The molecule has 0 saturated heterocycles. The standard InChI is InChI=1S/C29H30ClNO6/c1-15(2)36-29(34)26-16(3)31-22-12-20(18-6-9-21(30)10-7-18)13-23(33)28(22)27(26)19-8-11-24(37-17(4)32)25(14-19)35-5/h6-11,14-15,20,27,31H,12-13H2,1-5H3/t20-,27+/m0/s1. The van der Waals surface area contributed by atoms with E-state index in [4.69, 9.17) is 25.8 Å². The number of rotatable bonds is 6. The maximum Gasteiger partial charge on any atom is 0.337 e. The molecule has 0 saturated carbocycles. The molecule has 1 heterocycles. The number of hydrogen-bond donors (Lipinski definition) is 1. The number of nitrogens with one attached hydrogen (secondary N) is 1. The van der Waals surface area contributed by atoms with E-state index in [-0.39, 0.29) is 23.6 Å². The Hall–Kier alpha value is -3.58. The second-order valence-corrected chi connectivity index (χ2v) is 9.96. The zero-order valence-corrected chi connectivity index (χ0v) is 22.3. The van der Waals surface area contributed by atoms with Crippen molar-refractivity contribution in [2.75, 3.05) is 7.11 Å². The molecule has 37 heavy (non-hydrogen) atoms. The Morgan fingerprint density at radius 1 is 1.03 bits per heavy atom. The van der Waals surface area contributed by atoms with Gasteiger partial charge in [-0.25, -0.2) is 4.79 Å². The Balaban J connectivity index is 1.82. The highest BCUT2D eigenvalue weighted by atomic mass is 35.5. The van der Waals surface area contributed by atoms with Crippen LogP contribution in [0.1, 0.15) is 63.5 Å². The fourth-order valence-corrected chi connectivity index (χ4v) is 5.12. The minimum absolute atomic E-state index is 0.0190. The quantitative estimate of drug-likeness (QED) is 0.390. The molecule has 1 aliphatic heterocycles. The van der Waals surface area contributed by atoms with Crippen molar-refractivity contribution in [1.82, 2.24) is 5.32 Å². The summed E-state index contributed by atoms with van der Waals surface area (Å²) in [6.07, 6.45) is 0.569. The number of hydrogen-bond acceptors (Lipinski definition) is 7. The normalized spacial score (nSPS) is 19.4. The molecule has 7 nitrogen and oxygen atoms in total. The van der Waals surface area contributed by atoms with E-state index >= 15 is 0 Å². The summed E-state index contributed by atoms with van der Waals surface area (Å²) < 4.78 is 16.3. The molecule has 0 aromatic heterocycles. The molecule has 1 N–H and O–H groups in total. The molecule has 4 rings (SSSR count). The fraction of sp³-hybridized carbons (Fsp3) is 0.345. The van der Waals surface area contributed by atoms with Gasteiger partial charge in [0.25, 0.3) is 0 Å². The Bertz CT molecular complexity index is 1310. The van der Waals surface area contributed by atoms with Crippen molar-refractivity contribution in [3.63, 3.8) is 0 Å². The van der Waals surface area contributed by atoms with Gasteiger partial charge < -0.3 is 19.5 Å². The highest BCUT2D eigenvalue weighted by Crippen LogP contribution is 2.47. The zero-order chi connectivity index (χ0) is 26.9. The molecule has 0 fully saturated rings. The number of esters is 2. The lowest BCUT2D eigenvalue weighted by Gasteiger charge is -2.37. The minimum atomic E-state index is -0.665. The highest BCUT2D eigenvalue weighted by Gasteiger charge is 2.42. The SMILES string of the molecule is COc1cc([C@@H]2C(C(=O)OC(C)C)=C(C)NC3=C2C(=O)C[C@@H](c2ccc(Cl)cc2)C3)ccc1OC(C)=O. The molecule has 194 valence electrons. The molecule has 0 spiro atoms. The lowest BCUT2D eigenvalue weighted by atomic mass is 9.71. The van der Waals surface area contributed by atoms with Crippen molar-refractivity contribution in [2.24, 2.45) is 0 Å². The second-order valence-electron chi connectivity index (χ2n) is 9.53. The Morgan fingerprint density at radius 3 is 2.32 bits per heavy atom. The topological polar surface area (TPSA) is 90.9 Å². The number of benzene rings is 2. The van der Waals surface area contributed by atoms with Crippen LogP contribution in [0.3, 0.4) is 0 Å². The van der Waals surface area contributed by atoms with Gasteiger partial charge in [0.05, 0.1) is 18.8 Å². The van der Waals surface area contributed by atoms with Crippen LogP contribution < -0.4 is 14.8 Å². The number of ketones is 1. The number of allylic oxidation sites excluding steroid dienone is 3. The maximum absolute atomic E-state index is 13.7. The number of Topliss-reactive ketones (excluding diaryl/α,β-unsaturated/α-hetero) is 1. The smallest absolute Gasteiger partial charge is 0.337 e. The van der Waals surface area contributed by atoms with Gasteiger partial charge in [-0.15, -0.1) is 0 Å². The van der Waals surface area contributed by atoms with Crippen molar-refractivity contribution in [1.29, 1.82) is 0 Å². The van der Waals surface area contributed by atoms with Gasteiger partial charge in [-0.2, -0.15) is 0 Å². The van der Waals surface area contributed by atoms with Crippen LogP contribution in [0.4, 0.5) is 0 Å². The van der Waals surface area contributed by atoms with Gasteiger partial charge in [-0.05, 0) is 68.5 Å². The molecule has 2 aliphatic rings. The van der Waals surface area contributed by atoms with Crippen LogP contribution in [0.2, 0.25) is 5.02 Å². The molecule has 0 unspecified atom stereocenters. The maximum atomic E-state index is 13.7. The van der Waals surface area contributed by atoms with Crippen LogP contribution in [-0.2, 0) is 19.1 Å². The van der Waals surface area contributed by atoms with Gasteiger partial charge in [-0.3, -0.25) is 9.59 Å². The number of halogens is 1. The van der Waals surface area contributed by atoms with Gasteiger partial charge >= 0.3 is 11.9 Å². The monoisotopic (exact) mass is 523 g/mol. The average Bonchev–Trinajstić information content (AvgIpc) is 2.83. The summed E-state index contributed by atoms with van der Waals surface area (Å²) in [4.78, 5) is 38.6. The number of carbonyl (C=O) groups is 3. The van der Waals surface area contributed by atoms with Gasteiger partial charge in [-0.1, -0.05) is 29.8 Å². The summed E-state index contributed by atoms with van der Waals surface area (Å²) in [6, 6.07) is 12.6. The lowest BCUT2D eigenvalue weighted by Crippen LogP contribution is -2.36. The van der Waals surface area contributed by atoms with Crippen molar-refractivity contribution < 1.29 is 28.6 Å². The van der Waals surface area contributed by atoms with Gasteiger partial charge in [0.15, 0.2) is 17.3 Å². The molecule has 2 aromatic carbocycles. The van der Waals surface area contributed by atoms with Crippen LogP contribution in [0.25, 0.3) is 0 Å². The van der Waals surface area contributed by atoms with Gasteiger partial charge in [0.1, 0.15) is 0 Å². The van der Waals surface area contributed by atoms with Crippen LogP contribution in [-0.4, -0.2) is 30.9 Å². The Kier molecular flexibility index (Phi) is 7.73. The van der Waals surface area contributed by atoms with E-state index in [1.807, 2.05) is 31.2 Å². The van der Waals surface area contributed by atoms with E-state index < -0.39 is 17.9 Å². The third-order valence-corrected chi connectivity index (χ3v) is 6.76. The minimum Gasteiger partial charge on any atom is -0.493 e. The summed E-state index contributed by atoms with van der Waals surface area (Å²) in [7, 11) is 1.47. The largest absolute Gasteiger partial charge is 0.493 e. The molecule has 2 atom stereocenters. The first-order valence-corrected chi connectivity index (χ1v) is 12.5. The van der Waals surface area contributed by atoms with Crippen LogP contribution in [0.15, 0.2) is 65.0 Å². The van der Waals surface area contributed by atoms with Crippen molar-refractivity contribution in [2.45, 2.75) is 58.5 Å². The predicted octanol–water partition coefficient (Wildman–Crippen LogP) is 5.59. The summed E-state index contributed by atoms with van der Waals surface area (Å²) >= 11 is 6.06. The second kappa shape index (κ2) is 10.8. The summed E-state index contributed by atoms with van der Waals surface area (Å²) in [6.45, 7) is 6.68. The van der Waals surface area contributed by atoms with Crippen LogP contribution in [0.5, 0.6) is 11.5 Å². The number of methoxy groups -OCH3 is 1. The first-order chi connectivity index (χ1) is 17.6. The molecule has 1 aliphatic carbocycles. The van der Waals surface area contributed by atoms with Crippen molar-refractivity contribution in [3.05, 3.63) is 81.2 Å². The van der Waals surface area contributed by atoms with Crippen LogP contribution >= 0.6 is 11.6 Å². The van der Waals surface area contributed by atoms with E-state index in [2.05, 4.69) is 5.32 Å². The number of ether oxygens (including phenoxy) is 3. The van der Waals surface area contributed by atoms with E-state index in [0.29, 0.717) is 46.0 Å². The molecule has 0 amide bonds. The van der Waals surface area contributed by atoms with E-state index in [1.165, 1.54) is 14.0 Å². The predicted molar refractivity (Wildman–Crippen MR) is 140 cm³/mol. The Morgan fingerprint density at radius 2 is 1.70 bits per heavy atom. The first-order valence-electron chi connectivity index (χ1n) is 12.2. The Labute approximate surface area is 221 Å². The molecular formula is C29H30ClNO6. The van der Waals surface area contributed by atoms with E-state index in [1.54, 1.807) is 32.0 Å². The summed E-state index contributed by atoms with van der Waals surface area (Å²) in [5.41, 5.74) is 4.00. The molecule has 0 bridgehead atoms. The highest BCUT2D eigenvalue weighted by molar-refractivity contribution is 6.30. The van der Waals surface area contributed by atoms with Gasteiger partial charge in [0, 0.05) is 41.3 Å².